The quantitative estimate of drug-likeness (QED) is 0.834. The van der Waals surface area contributed by atoms with E-state index in [4.69, 9.17) is 4.74 Å². The van der Waals surface area contributed by atoms with Crippen LogP contribution < -0.4 is 5.32 Å². The highest BCUT2D eigenvalue weighted by atomic mass is 16.5. The van der Waals surface area contributed by atoms with Crippen LogP contribution in [0.25, 0.3) is 0 Å². The molecule has 1 atom stereocenters. The predicted octanol–water partition coefficient (Wildman–Crippen LogP) is 0.221. The maximum absolute atomic E-state index is 12.2. The maximum atomic E-state index is 12.2. The van der Waals surface area contributed by atoms with E-state index < -0.39 is 0 Å². The average molecular weight is 335 g/mol. The number of hydrogen-bond donors (Lipinski definition) is 1. The first kappa shape index (κ1) is 17.4. The van der Waals surface area contributed by atoms with Crippen molar-refractivity contribution in [2.45, 2.75) is 38.4 Å². The minimum atomic E-state index is 0.145. The number of carbonyl (C=O) groups excluding carboxylic acids is 1. The summed E-state index contributed by atoms with van der Waals surface area (Å²) in [4.78, 5) is 21.4. The second-order valence-electron chi connectivity index (χ2n) is 6.96. The lowest BCUT2D eigenvalue weighted by atomic mass is 10.1. The Hall–Kier alpha value is -1.44. The van der Waals surface area contributed by atoms with Crippen molar-refractivity contribution in [1.82, 2.24) is 24.7 Å². The number of hydrogen-bond acceptors (Lipinski definition) is 5. The van der Waals surface area contributed by atoms with Gasteiger partial charge in [-0.05, 0) is 19.8 Å². The van der Waals surface area contributed by atoms with Crippen LogP contribution in [0.3, 0.4) is 0 Å². The number of aromatic nitrogens is 2. The van der Waals surface area contributed by atoms with Crippen LogP contribution in [0.15, 0.2) is 12.4 Å². The van der Waals surface area contributed by atoms with Gasteiger partial charge in [-0.1, -0.05) is 0 Å². The molecule has 2 saturated heterocycles. The first-order valence-electron chi connectivity index (χ1n) is 8.91. The molecule has 1 amide bonds. The van der Waals surface area contributed by atoms with Gasteiger partial charge in [0.05, 0.1) is 13.1 Å². The van der Waals surface area contributed by atoms with E-state index in [2.05, 4.69) is 31.6 Å². The SMILES string of the molecule is C[C@H]1CN(CC(=O)NC2CCOCC2)CCN1Cc1nccn1C. The van der Waals surface area contributed by atoms with E-state index in [0.717, 1.165) is 58.1 Å². The van der Waals surface area contributed by atoms with E-state index in [1.54, 1.807) is 0 Å². The number of ether oxygens (including phenoxy) is 1. The smallest absolute Gasteiger partial charge is 0.234 e. The van der Waals surface area contributed by atoms with Crippen molar-refractivity contribution in [3.05, 3.63) is 18.2 Å². The molecule has 0 aromatic carbocycles. The molecule has 2 fully saturated rings. The predicted molar refractivity (Wildman–Crippen MR) is 91.5 cm³/mol. The fourth-order valence-corrected chi connectivity index (χ4v) is 3.50. The minimum Gasteiger partial charge on any atom is -0.381 e. The van der Waals surface area contributed by atoms with Crippen LogP contribution >= 0.6 is 0 Å². The fourth-order valence-electron chi connectivity index (χ4n) is 3.50. The topological polar surface area (TPSA) is 62.6 Å². The van der Waals surface area contributed by atoms with Crippen LogP contribution in [0.5, 0.6) is 0 Å². The number of nitrogens with zero attached hydrogens (tertiary/aromatic N) is 4. The van der Waals surface area contributed by atoms with Crippen molar-refractivity contribution in [1.29, 1.82) is 0 Å². The molecule has 1 N–H and O–H groups in total. The van der Waals surface area contributed by atoms with Crippen LogP contribution in [-0.2, 0) is 23.1 Å². The van der Waals surface area contributed by atoms with Gasteiger partial charge in [-0.2, -0.15) is 0 Å². The summed E-state index contributed by atoms with van der Waals surface area (Å²) in [6, 6.07) is 0.708. The van der Waals surface area contributed by atoms with Crippen LogP contribution in [0, 0.1) is 0 Å². The van der Waals surface area contributed by atoms with Gasteiger partial charge in [0, 0.05) is 64.4 Å². The Bertz CT molecular complexity index is 541. The molecule has 1 aromatic heterocycles. The molecule has 0 radical (unpaired) electrons. The molecule has 0 bridgehead atoms. The summed E-state index contributed by atoms with van der Waals surface area (Å²) in [5.41, 5.74) is 0. The van der Waals surface area contributed by atoms with Gasteiger partial charge in [0.25, 0.3) is 0 Å². The lowest BCUT2D eigenvalue weighted by Gasteiger charge is -2.39. The Morgan fingerprint density at radius 2 is 2.17 bits per heavy atom. The zero-order chi connectivity index (χ0) is 16.9. The average Bonchev–Trinajstić information content (AvgIpc) is 2.96. The maximum Gasteiger partial charge on any atom is 0.234 e. The summed E-state index contributed by atoms with van der Waals surface area (Å²) in [6.45, 7) is 7.93. The zero-order valence-corrected chi connectivity index (χ0v) is 14.8. The van der Waals surface area contributed by atoms with Gasteiger partial charge in [-0.25, -0.2) is 4.98 Å². The summed E-state index contributed by atoms with van der Waals surface area (Å²) in [7, 11) is 2.03. The van der Waals surface area contributed by atoms with Crippen molar-refractivity contribution in [2.75, 3.05) is 39.4 Å². The number of amides is 1. The summed E-state index contributed by atoms with van der Waals surface area (Å²) in [6.07, 6.45) is 5.69. The van der Waals surface area contributed by atoms with Gasteiger partial charge in [0.2, 0.25) is 5.91 Å². The van der Waals surface area contributed by atoms with Gasteiger partial charge >= 0.3 is 0 Å². The fraction of sp³-hybridized carbons (Fsp3) is 0.765. The van der Waals surface area contributed by atoms with Gasteiger partial charge in [-0.15, -0.1) is 0 Å². The van der Waals surface area contributed by atoms with Crippen LogP contribution in [-0.4, -0.2) is 76.7 Å². The molecule has 3 heterocycles. The molecular weight excluding hydrogens is 306 g/mol. The van der Waals surface area contributed by atoms with Gasteiger partial charge in [0.1, 0.15) is 5.82 Å². The van der Waals surface area contributed by atoms with Crippen LogP contribution in [0.4, 0.5) is 0 Å². The lowest BCUT2D eigenvalue weighted by Crippen LogP contribution is -2.54. The second-order valence-corrected chi connectivity index (χ2v) is 6.96. The number of nitrogens with one attached hydrogen (secondary N) is 1. The monoisotopic (exact) mass is 335 g/mol. The van der Waals surface area contributed by atoms with Crippen LogP contribution in [0.2, 0.25) is 0 Å². The number of imidazole rings is 1. The van der Waals surface area contributed by atoms with E-state index >= 15 is 0 Å². The van der Waals surface area contributed by atoms with E-state index in [1.165, 1.54) is 0 Å². The van der Waals surface area contributed by atoms with E-state index in [0.29, 0.717) is 12.6 Å². The van der Waals surface area contributed by atoms with Crippen LogP contribution in [0.1, 0.15) is 25.6 Å². The first-order chi connectivity index (χ1) is 11.6. The third-order valence-electron chi connectivity index (χ3n) is 5.07. The van der Waals surface area contributed by atoms with Crippen molar-refractivity contribution in [2.24, 2.45) is 7.05 Å². The van der Waals surface area contributed by atoms with Gasteiger partial charge in [0.15, 0.2) is 0 Å². The highest BCUT2D eigenvalue weighted by molar-refractivity contribution is 5.78. The molecule has 3 rings (SSSR count). The Kier molecular flexibility index (Phi) is 5.86. The highest BCUT2D eigenvalue weighted by Crippen LogP contribution is 2.13. The summed E-state index contributed by atoms with van der Waals surface area (Å²) >= 11 is 0. The van der Waals surface area contributed by atoms with E-state index in [-0.39, 0.29) is 11.9 Å². The second kappa shape index (κ2) is 8.09. The number of carbonyl (C=O) groups is 1. The molecule has 0 spiro atoms. The molecule has 0 unspecified atom stereocenters. The van der Waals surface area contributed by atoms with E-state index in [1.807, 2.05) is 19.4 Å². The zero-order valence-electron chi connectivity index (χ0n) is 14.8. The van der Waals surface area contributed by atoms with Gasteiger partial charge in [-0.3, -0.25) is 14.6 Å². The largest absolute Gasteiger partial charge is 0.381 e. The Labute approximate surface area is 144 Å². The molecule has 7 heteroatoms. The number of aryl methyl sites for hydroxylation is 1. The molecule has 1 aromatic rings. The molecule has 134 valence electrons. The Balaban J connectivity index is 1.43. The molecular formula is C17H29N5O2. The van der Waals surface area contributed by atoms with Crippen molar-refractivity contribution < 1.29 is 9.53 Å². The van der Waals surface area contributed by atoms with Crippen molar-refractivity contribution in [3.8, 4) is 0 Å². The number of rotatable bonds is 5. The molecule has 0 aliphatic carbocycles. The highest BCUT2D eigenvalue weighted by Gasteiger charge is 2.26. The third kappa shape index (κ3) is 4.55. The molecule has 24 heavy (non-hydrogen) atoms. The molecule has 2 aliphatic heterocycles. The Morgan fingerprint density at radius 1 is 1.38 bits per heavy atom. The lowest BCUT2D eigenvalue weighted by molar-refractivity contribution is -0.124. The minimum absolute atomic E-state index is 0.145. The van der Waals surface area contributed by atoms with Gasteiger partial charge < -0.3 is 14.6 Å². The summed E-state index contributed by atoms with van der Waals surface area (Å²) in [5, 5.41) is 3.15. The summed E-state index contributed by atoms with van der Waals surface area (Å²) in [5.74, 6) is 1.24. The molecule has 2 aliphatic rings. The van der Waals surface area contributed by atoms with Crippen molar-refractivity contribution >= 4 is 5.91 Å². The molecule has 7 nitrogen and oxygen atoms in total. The third-order valence-corrected chi connectivity index (χ3v) is 5.07. The van der Waals surface area contributed by atoms with Crippen molar-refractivity contribution in [3.63, 3.8) is 0 Å². The summed E-state index contributed by atoms with van der Waals surface area (Å²) < 4.78 is 7.40. The Morgan fingerprint density at radius 3 is 2.83 bits per heavy atom. The normalized spacial score (nSPS) is 24.2. The molecule has 0 saturated carbocycles. The standard InChI is InChI=1S/C17H29N5O2/c1-14-11-21(13-17(23)19-15-3-9-24-10-4-15)7-8-22(14)12-16-18-5-6-20(16)2/h5-6,14-15H,3-4,7-13H2,1-2H3,(H,19,23)/t14-/m0/s1. The van der Waals surface area contributed by atoms with E-state index in [9.17, 15) is 4.79 Å². The number of piperazine rings is 1. The first-order valence-corrected chi connectivity index (χ1v) is 8.91.